The van der Waals surface area contributed by atoms with Gasteiger partial charge in [-0.1, -0.05) is 44.7 Å². The van der Waals surface area contributed by atoms with E-state index in [4.69, 9.17) is 9.47 Å². The summed E-state index contributed by atoms with van der Waals surface area (Å²) in [6.45, 7) is 2.60. The van der Waals surface area contributed by atoms with E-state index in [1.807, 2.05) is 12.1 Å². The van der Waals surface area contributed by atoms with E-state index in [-0.39, 0.29) is 11.9 Å². The molecule has 0 saturated heterocycles. The van der Waals surface area contributed by atoms with Crippen molar-refractivity contribution in [3.05, 3.63) is 59.7 Å². The SMILES string of the molecule is CCCCCCCOC(=O)c1ccc(C(=O)Nc2ccccc2OC)cc1. The number of benzene rings is 2. The minimum atomic E-state index is -0.359. The average molecular weight is 369 g/mol. The third kappa shape index (κ3) is 6.44. The van der Waals surface area contributed by atoms with Gasteiger partial charge in [0.05, 0.1) is 25.0 Å². The van der Waals surface area contributed by atoms with Crippen molar-refractivity contribution in [3.8, 4) is 5.75 Å². The predicted octanol–water partition coefficient (Wildman–Crippen LogP) is 5.07. The Bertz CT molecular complexity index is 740. The van der Waals surface area contributed by atoms with Crippen LogP contribution in [0.15, 0.2) is 48.5 Å². The molecule has 0 saturated carbocycles. The molecule has 2 aromatic carbocycles. The number of anilines is 1. The number of rotatable bonds is 10. The maximum Gasteiger partial charge on any atom is 0.338 e. The van der Waals surface area contributed by atoms with E-state index in [1.165, 1.54) is 19.3 Å². The van der Waals surface area contributed by atoms with Crippen molar-refractivity contribution in [1.82, 2.24) is 0 Å². The molecule has 0 bridgehead atoms. The number of carbonyl (C=O) groups excluding carboxylic acids is 2. The van der Waals surface area contributed by atoms with Gasteiger partial charge in [0.25, 0.3) is 5.91 Å². The normalized spacial score (nSPS) is 10.3. The number of para-hydroxylation sites is 2. The first-order valence-corrected chi connectivity index (χ1v) is 9.37. The summed E-state index contributed by atoms with van der Waals surface area (Å²) in [6, 6.07) is 13.6. The van der Waals surface area contributed by atoms with Gasteiger partial charge in [0.1, 0.15) is 5.75 Å². The van der Waals surface area contributed by atoms with Crippen molar-refractivity contribution in [2.75, 3.05) is 19.0 Å². The standard InChI is InChI=1S/C22H27NO4/c1-3-4-5-6-9-16-27-22(25)18-14-12-17(13-15-18)21(24)23-19-10-7-8-11-20(19)26-2/h7-8,10-15H,3-6,9,16H2,1-2H3,(H,23,24). The lowest BCUT2D eigenvalue weighted by Crippen LogP contribution is -2.13. The molecule has 5 heteroatoms. The van der Waals surface area contributed by atoms with E-state index >= 15 is 0 Å². The smallest absolute Gasteiger partial charge is 0.338 e. The summed E-state index contributed by atoms with van der Waals surface area (Å²) in [5, 5.41) is 2.80. The second-order valence-corrected chi connectivity index (χ2v) is 6.28. The Balaban J connectivity index is 1.86. The lowest BCUT2D eigenvalue weighted by atomic mass is 10.1. The number of unbranched alkanes of at least 4 members (excludes halogenated alkanes) is 4. The van der Waals surface area contributed by atoms with E-state index in [9.17, 15) is 9.59 Å². The molecule has 0 radical (unpaired) electrons. The van der Waals surface area contributed by atoms with Crippen LogP contribution in [0, 0.1) is 0 Å². The van der Waals surface area contributed by atoms with Crippen LogP contribution in [0.25, 0.3) is 0 Å². The van der Waals surface area contributed by atoms with Crippen LogP contribution in [0.3, 0.4) is 0 Å². The number of ether oxygens (including phenoxy) is 2. The van der Waals surface area contributed by atoms with Crippen molar-refractivity contribution in [2.45, 2.75) is 39.0 Å². The molecule has 5 nitrogen and oxygen atoms in total. The third-order valence-electron chi connectivity index (χ3n) is 4.22. The van der Waals surface area contributed by atoms with Crippen LogP contribution in [0.1, 0.15) is 59.7 Å². The molecule has 0 aliphatic heterocycles. The maximum absolute atomic E-state index is 12.4. The molecule has 0 aliphatic rings. The summed E-state index contributed by atoms with van der Waals surface area (Å²) in [7, 11) is 1.55. The van der Waals surface area contributed by atoms with Gasteiger partial charge in [0.2, 0.25) is 0 Å². The van der Waals surface area contributed by atoms with Gasteiger partial charge in [-0.05, 0) is 42.8 Å². The molecule has 0 unspecified atom stereocenters. The Labute approximate surface area is 160 Å². The van der Waals surface area contributed by atoms with Crippen LogP contribution in [0.2, 0.25) is 0 Å². The molecule has 1 amide bonds. The zero-order valence-electron chi connectivity index (χ0n) is 16.0. The number of carbonyl (C=O) groups is 2. The van der Waals surface area contributed by atoms with Crippen LogP contribution in [-0.4, -0.2) is 25.6 Å². The quantitative estimate of drug-likeness (QED) is 0.469. The van der Waals surface area contributed by atoms with E-state index in [0.717, 1.165) is 12.8 Å². The zero-order valence-corrected chi connectivity index (χ0v) is 16.0. The number of hydrogen-bond acceptors (Lipinski definition) is 4. The molecule has 0 aliphatic carbocycles. The first-order valence-electron chi connectivity index (χ1n) is 9.37. The number of esters is 1. The summed E-state index contributed by atoms with van der Waals surface area (Å²) in [5.41, 5.74) is 1.49. The van der Waals surface area contributed by atoms with Crippen molar-refractivity contribution >= 4 is 17.6 Å². The van der Waals surface area contributed by atoms with Gasteiger partial charge in [-0.25, -0.2) is 4.79 Å². The summed E-state index contributed by atoms with van der Waals surface area (Å²) < 4.78 is 10.5. The molecular formula is C22H27NO4. The van der Waals surface area contributed by atoms with Gasteiger partial charge >= 0.3 is 5.97 Å². The van der Waals surface area contributed by atoms with Crippen LogP contribution in [-0.2, 0) is 4.74 Å². The number of nitrogens with one attached hydrogen (secondary N) is 1. The van der Waals surface area contributed by atoms with Gasteiger partial charge in [0, 0.05) is 5.56 Å². The molecule has 0 heterocycles. The monoisotopic (exact) mass is 369 g/mol. The molecule has 27 heavy (non-hydrogen) atoms. The maximum atomic E-state index is 12.4. The number of hydrogen-bond donors (Lipinski definition) is 1. The first kappa shape index (κ1) is 20.5. The zero-order chi connectivity index (χ0) is 19.5. The van der Waals surface area contributed by atoms with Gasteiger partial charge in [0.15, 0.2) is 0 Å². The van der Waals surface area contributed by atoms with Crippen LogP contribution >= 0.6 is 0 Å². The summed E-state index contributed by atoms with van der Waals surface area (Å²) in [6.07, 6.45) is 5.53. The minimum absolute atomic E-state index is 0.268. The third-order valence-corrected chi connectivity index (χ3v) is 4.22. The molecule has 2 rings (SSSR count). The molecule has 0 aromatic heterocycles. The van der Waals surface area contributed by atoms with Gasteiger partial charge in [-0.3, -0.25) is 4.79 Å². The molecule has 144 valence electrons. The van der Waals surface area contributed by atoms with Crippen molar-refractivity contribution < 1.29 is 19.1 Å². The van der Waals surface area contributed by atoms with E-state index in [2.05, 4.69) is 12.2 Å². The van der Waals surface area contributed by atoms with Crippen LogP contribution < -0.4 is 10.1 Å². The molecular weight excluding hydrogens is 342 g/mol. The second-order valence-electron chi connectivity index (χ2n) is 6.28. The Morgan fingerprint density at radius 1 is 0.889 bits per heavy atom. The largest absolute Gasteiger partial charge is 0.495 e. The highest BCUT2D eigenvalue weighted by molar-refractivity contribution is 6.05. The topological polar surface area (TPSA) is 64.6 Å². The molecule has 0 fully saturated rings. The lowest BCUT2D eigenvalue weighted by molar-refractivity contribution is 0.0497. The fourth-order valence-corrected chi connectivity index (χ4v) is 2.65. The average Bonchev–Trinajstić information content (AvgIpc) is 2.71. The van der Waals surface area contributed by atoms with Gasteiger partial charge in [-0.15, -0.1) is 0 Å². The van der Waals surface area contributed by atoms with Gasteiger partial charge in [-0.2, -0.15) is 0 Å². The fraction of sp³-hybridized carbons (Fsp3) is 0.364. The second kappa shape index (κ2) is 11.0. The van der Waals surface area contributed by atoms with Crippen LogP contribution in [0.5, 0.6) is 5.75 Å². The molecule has 0 spiro atoms. The van der Waals surface area contributed by atoms with Crippen molar-refractivity contribution in [2.24, 2.45) is 0 Å². The summed E-state index contributed by atoms with van der Waals surface area (Å²) in [4.78, 5) is 24.4. The molecule has 2 aromatic rings. The molecule has 1 N–H and O–H groups in total. The lowest BCUT2D eigenvalue weighted by Gasteiger charge is -2.10. The number of methoxy groups -OCH3 is 1. The van der Waals surface area contributed by atoms with Crippen molar-refractivity contribution in [3.63, 3.8) is 0 Å². The van der Waals surface area contributed by atoms with Crippen LogP contribution in [0.4, 0.5) is 5.69 Å². The Morgan fingerprint density at radius 3 is 2.26 bits per heavy atom. The summed E-state index contributed by atoms with van der Waals surface area (Å²) in [5.74, 6) is -0.0393. The molecule has 0 atom stereocenters. The Morgan fingerprint density at radius 2 is 1.56 bits per heavy atom. The summed E-state index contributed by atoms with van der Waals surface area (Å²) >= 11 is 0. The first-order chi connectivity index (χ1) is 13.2. The Hall–Kier alpha value is -2.82. The van der Waals surface area contributed by atoms with Gasteiger partial charge < -0.3 is 14.8 Å². The van der Waals surface area contributed by atoms with E-state index in [1.54, 1.807) is 43.5 Å². The predicted molar refractivity (Wildman–Crippen MR) is 106 cm³/mol. The highest BCUT2D eigenvalue weighted by atomic mass is 16.5. The highest BCUT2D eigenvalue weighted by Gasteiger charge is 2.12. The number of amides is 1. The Kier molecular flexibility index (Phi) is 8.36. The highest BCUT2D eigenvalue weighted by Crippen LogP contribution is 2.23. The fourth-order valence-electron chi connectivity index (χ4n) is 2.65. The minimum Gasteiger partial charge on any atom is -0.495 e. The van der Waals surface area contributed by atoms with E-state index in [0.29, 0.717) is 29.2 Å². The van der Waals surface area contributed by atoms with Crippen molar-refractivity contribution in [1.29, 1.82) is 0 Å². The van der Waals surface area contributed by atoms with E-state index < -0.39 is 0 Å².